The minimum absolute atomic E-state index is 0.0772. The minimum Gasteiger partial charge on any atom is -0.497 e. The molecule has 302 valence electrons. The third kappa shape index (κ3) is 9.91. The first-order chi connectivity index (χ1) is 27.4. The van der Waals surface area contributed by atoms with Gasteiger partial charge in [-0.05, 0) is 79.1 Å². The van der Waals surface area contributed by atoms with Crippen LogP contribution in [0.25, 0.3) is 33.4 Å². The fraction of sp³-hybridized carbons (Fsp3) is 0.375. The van der Waals surface area contributed by atoms with Gasteiger partial charge >= 0.3 is 12.1 Å². The second-order valence-electron chi connectivity index (χ2n) is 14.0. The number of nitrogens with one attached hydrogen (secondary N) is 1. The number of esters is 1. The number of rotatable bonds is 15. The molecule has 15 nitrogen and oxygen atoms in total. The van der Waals surface area contributed by atoms with Crippen molar-refractivity contribution in [1.82, 2.24) is 24.8 Å². The molecule has 0 radical (unpaired) electrons. The van der Waals surface area contributed by atoms with Crippen LogP contribution in [-0.2, 0) is 30.3 Å². The number of aliphatic hydroxyl groups excluding tert-OH is 1. The summed E-state index contributed by atoms with van der Waals surface area (Å²) in [6.45, 7) is 5.24. The molecule has 0 spiro atoms. The number of nitrogens with zero attached hydrogens (tertiary/aromatic N) is 4. The Hall–Kier alpha value is -5.07. The van der Waals surface area contributed by atoms with Crippen LogP contribution in [0.2, 0.25) is 0 Å². The minimum atomic E-state index is -1.36. The molecular formula is C40H46N6O9S2. The van der Waals surface area contributed by atoms with E-state index in [-0.39, 0.29) is 24.8 Å². The zero-order chi connectivity index (χ0) is 40.7. The summed E-state index contributed by atoms with van der Waals surface area (Å²) in [5, 5.41) is 14.4. The molecule has 1 fully saturated rings. The number of nitrogens with two attached hydrogens (primary N) is 1. The van der Waals surface area contributed by atoms with Crippen molar-refractivity contribution in [1.29, 1.82) is 0 Å². The highest BCUT2D eigenvalue weighted by Crippen LogP contribution is 2.38. The fourth-order valence-corrected chi connectivity index (χ4v) is 7.66. The number of carbonyl (C=O) groups is 2. The summed E-state index contributed by atoms with van der Waals surface area (Å²) < 4.78 is 36.5. The maximum Gasteiger partial charge on any atom is 0.408 e. The number of fused-ring (bicyclic) bond motifs is 1. The topological polar surface area (TPSA) is 191 Å². The molecule has 57 heavy (non-hydrogen) atoms. The van der Waals surface area contributed by atoms with Gasteiger partial charge in [0.05, 0.1) is 33.8 Å². The lowest BCUT2D eigenvalue weighted by Crippen LogP contribution is -2.48. The van der Waals surface area contributed by atoms with E-state index in [4.69, 9.17) is 34.2 Å². The van der Waals surface area contributed by atoms with Gasteiger partial charge < -0.3 is 44.6 Å². The summed E-state index contributed by atoms with van der Waals surface area (Å²) in [5.74, 6) is 0.996. The van der Waals surface area contributed by atoms with Gasteiger partial charge in [-0.3, -0.25) is 4.57 Å². The number of methoxy groups -OCH3 is 2. The van der Waals surface area contributed by atoms with Gasteiger partial charge in [-0.2, -0.15) is 0 Å². The van der Waals surface area contributed by atoms with Gasteiger partial charge in [0, 0.05) is 5.75 Å². The third-order valence-electron chi connectivity index (χ3n) is 9.02. The average molecular weight is 819 g/mol. The Morgan fingerprint density at radius 3 is 2.32 bits per heavy atom. The number of hydrogen-bond donors (Lipinski definition) is 3. The van der Waals surface area contributed by atoms with Crippen molar-refractivity contribution in [2.24, 2.45) is 0 Å². The standard InChI is InChI=1S/C40H46N6O9S2/c1-40(2,3)55-39(49)45-29(20-57-56-6)38(48)54-34-33(47)30(53-37(34)46-22-44-32-35(41)42-21-43-36(32)46)19-52-18-25-8-7-9-28(23-10-14-26(50-4)15-11-23)31(25)24-12-16-27(51-5)17-13-24/h7-17,21-22,29-30,33-34,37,47H,18-20H2,1-6H3,(H,45,49)(H2,41,42,43)/t29?,30-,33-,34-,37-/m1/s1. The number of benzene rings is 3. The number of alkyl carbamates (subject to hydrolysis) is 1. The quantitative estimate of drug-likeness (QED) is 0.0817. The van der Waals surface area contributed by atoms with E-state index >= 15 is 0 Å². The first-order valence-electron chi connectivity index (χ1n) is 18.0. The molecule has 1 saturated heterocycles. The molecule has 0 saturated carbocycles. The van der Waals surface area contributed by atoms with Gasteiger partial charge in [0.1, 0.15) is 47.2 Å². The number of carbonyl (C=O) groups excluding carboxylic acids is 2. The maximum atomic E-state index is 13.8. The van der Waals surface area contributed by atoms with Crippen LogP contribution in [0.5, 0.6) is 11.5 Å². The van der Waals surface area contributed by atoms with E-state index in [9.17, 15) is 14.7 Å². The van der Waals surface area contributed by atoms with E-state index in [0.29, 0.717) is 11.2 Å². The van der Waals surface area contributed by atoms with Gasteiger partial charge in [-0.15, -0.1) is 0 Å². The maximum absolute atomic E-state index is 13.8. The van der Waals surface area contributed by atoms with E-state index in [2.05, 4.69) is 20.3 Å². The van der Waals surface area contributed by atoms with Crippen molar-refractivity contribution in [3.05, 3.63) is 84.9 Å². The molecule has 5 atom stereocenters. The Labute approximate surface area is 338 Å². The molecule has 1 amide bonds. The van der Waals surface area contributed by atoms with Crippen molar-refractivity contribution in [3.8, 4) is 33.8 Å². The number of ether oxygens (including phenoxy) is 6. The number of amides is 1. The lowest BCUT2D eigenvalue weighted by Gasteiger charge is -2.26. The van der Waals surface area contributed by atoms with Crippen molar-refractivity contribution in [3.63, 3.8) is 0 Å². The van der Waals surface area contributed by atoms with Crippen molar-refractivity contribution in [2.75, 3.05) is 38.6 Å². The summed E-state index contributed by atoms with van der Waals surface area (Å²) in [4.78, 5) is 39.2. The number of aromatic nitrogens is 4. The van der Waals surface area contributed by atoms with Crippen LogP contribution in [0.3, 0.4) is 0 Å². The van der Waals surface area contributed by atoms with Crippen LogP contribution in [0.4, 0.5) is 10.6 Å². The number of aliphatic hydroxyl groups is 1. The van der Waals surface area contributed by atoms with Crippen LogP contribution in [0.15, 0.2) is 79.4 Å². The zero-order valence-corrected chi connectivity index (χ0v) is 34.0. The second kappa shape index (κ2) is 18.5. The zero-order valence-electron chi connectivity index (χ0n) is 32.4. The Balaban J connectivity index is 1.26. The number of imidazole rings is 1. The first-order valence-corrected chi connectivity index (χ1v) is 20.7. The first kappa shape index (κ1) is 41.6. The van der Waals surface area contributed by atoms with Crippen LogP contribution in [-0.4, -0.2) is 99.5 Å². The van der Waals surface area contributed by atoms with Gasteiger partial charge in [0.2, 0.25) is 0 Å². The highest BCUT2D eigenvalue weighted by atomic mass is 33.1. The SMILES string of the molecule is COc1ccc(-c2cccc(COC[C@H]3O[C@@H](n4cnc5c(N)ncnc54)[C@H](OC(=O)C(CSSC)NC(=O)OC(C)(C)C)[C@@H]3O)c2-c2ccc(OC)cc2)cc1. The van der Waals surface area contributed by atoms with Crippen molar-refractivity contribution < 1.29 is 43.1 Å². The third-order valence-corrected chi connectivity index (χ3v) is 10.8. The summed E-state index contributed by atoms with van der Waals surface area (Å²) >= 11 is 0. The summed E-state index contributed by atoms with van der Waals surface area (Å²) in [6, 6.07) is 20.5. The molecule has 1 aliphatic heterocycles. The predicted octanol–water partition coefficient (Wildman–Crippen LogP) is 6.05. The lowest BCUT2D eigenvalue weighted by molar-refractivity contribution is -0.160. The van der Waals surface area contributed by atoms with Crippen LogP contribution >= 0.6 is 21.6 Å². The van der Waals surface area contributed by atoms with Crippen LogP contribution in [0.1, 0.15) is 32.6 Å². The van der Waals surface area contributed by atoms with Crippen LogP contribution < -0.4 is 20.5 Å². The van der Waals surface area contributed by atoms with Gasteiger partial charge in [0.25, 0.3) is 0 Å². The molecule has 2 aromatic heterocycles. The fourth-order valence-electron chi connectivity index (χ4n) is 6.35. The summed E-state index contributed by atoms with van der Waals surface area (Å²) in [7, 11) is 6.02. The van der Waals surface area contributed by atoms with Crippen molar-refractivity contribution >= 4 is 50.6 Å². The molecule has 3 heterocycles. The lowest BCUT2D eigenvalue weighted by atomic mass is 9.90. The van der Waals surface area contributed by atoms with E-state index < -0.39 is 48.2 Å². The van der Waals surface area contributed by atoms with Gasteiger partial charge in [0.15, 0.2) is 23.8 Å². The predicted molar refractivity (Wildman–Crippen MR) is 219 cm³/mol. The highest BCUT2D eigenvalue weighted by Gasteiger charge is 2.49. The van der Waals surface area contributed by atoms with E-state index in [1.165, 1.54) is 38.8 Å². The Morgan fingerprint density at radius 1 is 0.982 bits per heavy atom. The molecule has 3 aromatic carbocycles. The van der Waals surface area contributed by atoms with Crippen LogP contribution in [0, 0.1) is 0 Å². The normalized spacial score (nSPS) is 18.6. The molecule has 0 aliphatic carbocycles. The molecule has 4 N–H and O–H groups in total. The molecule has 5 aromatic rings. The summed E-state index contributed by atoms with van der Waals surface area (Å²) in [6.07, 6.45) is -0.907. The number of nitrogen functional groups attached to an aromatic ring is 1. The molecule has 17 heteroatoms. The molecule has 1 aliphatic rings. The Kier molecular flexibility index (Phi) is 13.5. The molecule has 0 bridgehead atoms. The van der Waals surface area contributed by atoms with Gasteiger partial charge in [-0.1, -0.05) is 64.1 Å². The highest BCUT2D eigenvalue weighted by molar-refractivity contribution is 8.76. The monoisotopic (exact) mass is 818 g/mol. The number of anilines is 1. The molecular weight excluding hydrogens is 773 g/mol. The van der Waals surface area contributed by atoms with E-state index in [1.807, 2.05) is 73.0 Å². The van der Waals surface area contributed by atoms with E-state index in [1.54, 1.807) is 35.0 Å². The largest absolute Gasteiger partial charge is 0.497 e. The molecule has 1 unspecified atom stereocenters. The Morgan fingerprint density at radius 2 is 1.67 bits per heavy atom. The van der Waals surface area contributed by atoms with Crippen molar-refractivity contribution in [2.45, 2.75) is 63.6 Å². The number of hydrogen-bond acceptors (Lipinski definition) is 15. The smallest absolute Gasteiger partial charge is 0.408 e. The Bertz CT molecular complexity index is 2150. The second-order valence-corrected chi connectivity index (χ2v) is 16.6. The molecule has 6 rings (SSSR count). The van der Waals surface area contributed by atoms with Gasteiger partial charge in [-0.25, -0.2) is 24.5 Å². The summed E-state index contributed by atoms with van der Waals surface area (Å²) in [5.41, 5.74) is 10.7. The van der Waals surface area contributed by atoms with E-state index in [0.717, 1.165) is 39.3 Å². The average Bonchev–Trinajstić information content (AvgIpc) is 3.76.